The smallest absolute Gasteiger partial charge is 0.296 e. The number of imidazole rings is 1. The van der Waals surface area contributed by atoms with Crippen molar-refractivity contribution in [1.29, 1.82) is 0 Å². The molecule has 0 atom stereocenters. The van der Waals surface area contributed by atoms with E-state index in [2.05, 4.69) is 0 Å². The van der Waals surface area contributed by atoms with Gasteiger partial charge in [-0.05, 0) is 19.1 Å². The summed E-state index contributed by atoms with van der Waals surface area (Å²) in [6, 6.07) is 7.52. The Bertz CT molecular complexity index is 529. The van der Waals surface area contributed by atoms with Gasteiger partial charge >= 0.3 is 5.95 Å². The molecular formula is C10H13N4O+. The summed E-state index contributed by atoms with van der Waals surface area (Å²) < 4.78 is 3.09. The molecule has 0 aliphatic carbocycles. The van der Waals surface area contributed by atoms with E-state index in [0.717, 1.165) is 11.0 Å². The van der Waals surface area contributed by atoms with Crippen LogP contribution in [0.1, 0.15) is 6.92 Å². The molecule has 0 aliphatic rings. The number of hydrogen-bond donors (Lipinski definition) is 2. The van der Waals surface area contributed by atoms with Crippen molar-refractivity contribution in [3.8, 4) is 0 Å². The highest BCUT2D eigenvalue weighted by Gasteiger charge is 2.19. The number of fused-ring (bicyclic) bond motifs is 1. The molecule has 0 amide bonds. The fraction of sp³-hybridized carbons (Fsp3) is 0.200. The Hall–Kier alpha value is -2.04. The lowest BCUT2D eigenvalue weighted by molar-refractivity contribution is -0.643. The van der Waals surface area contributed by atoms with Crippen molar-refractivity contribution in [1.82, 2.24) is 4.68 Å². The van der Waals surface area contributed by atoms with E-state index in [-0.39, 0.29) is 12.3 Å². The molecule has 5 heteroatoms. The first kappa shape index (κ1) is 9.51. The number of carbonyl (C=O) groups excluding carboxylic acids is 1. The lowest BCUT2D eigenvalue weighted by atomic mass is 10.3. The van der Waals surface area contributed by atoms with Gasteiger partial charge in [0.25, 0.3) is 0 Å². The molecule has 0 bridgehead atoms. The number of nitrogen functional groups attached to an aromatic ring is 2. The van der Waals surface area contributed by atoms with Crippen molar-refractivity contribution < 1.29 is 9.36 Å². The summed E-state index contributed by atoms with van der Waals surface area (Å²) in [5.41, 5.74) is 7.50. The molecule has 5 nitrogen and oxygen atoms in total. The predicted octanol–water partition coefficient (Wildman–Crippen LogP) is -0.186. The maximum atomic E-state index is 11.1. The van der Waals surface area contributed by atoms with Crippen LogP contribution in [0.4, 0.5) is 5.95 Å². The summed E-state index contributed by atoms with van der Waals surface area (Å²) in [5, 5.41) is 0. The van der Waals surface area contributed by atoms with Crippen molar-refractivity contribution in [3.63, 3.8) is 0 Å². The van der Waals surface area contributed by atoms with E-state index >= 15 is 0 Å². The Morgan fingerprint density at radius 1 is 1.47 bits per heavy atom. The predicted molar refractivity (Wildman–Crippen MR) is 57.4 cm³/mol. The van der Waals surface area contributed by atoms with Gasteiger partial charge in [-0.1, -0.05) is 12.1 Å². The van der Waals surface area contributed by atoms with Gasteiger partial charge in [0, 0.05) is 0 Å². The third-order valence-electron chi connectivity index (χ3n) is 2.34. The van der Waals surface area contributed by atoms with E-state index in [1.54, 1.807) is 4.57 Å². The van der Waals surface area contributed by atoms with Gasteiger partial charge in [-0.15, -0.1) is 4.68 Å². The maximum absolute atomic E-state index is 11.1. The van der Waals surface area contributed by atoms with Crippen LogP contribution < -0.4 is 16.1 Å². The largest absolute Gasteiger partial charge is 0.378 e. The summed E-state index contributed by atoms with van der Waals surface area (Å²) in [4.78, 5) is 11.1. The van der Waals surface area contributed by atoms with E-state index in [9.17, 15) is 4.79 Å². The van der Waals surface area contributed by atoms with Crippen LogP contribution in [0.15, 0.2) is 24.3 Å². The number of benzene rings is 1. The molecule has 0 aliphatic heterocycles. The molecule has 78 valence electrons. The number of hydrogen-bond acceptors (Lipinski definition) is 3. The van der Waals surface area contributed by atoms with E-state index < -0.39 is 0 Å². The van der Waals surface area contributed by atoms with Crippen molar-refractivity contribution >= 4 is 22.8 Å². The molecule has 1 heterocycles. The van der Waals surface area contributed by atoms with E-state index in [0.29, 0.717) is 5.95 Å². The minimum Gasteiger partial charge on any atom is -0.296 e. The topological polar surface area (TPSA) is 77.9 Å². The Morgan fingerprint density at radius 2 is 2.13 bits per heavy atom. The van der Waals surface area contributed by atoms with Gasteiger partial charge in [-0.2, -0.15) is 0 Å². The van der Waals surface area contributed by atoms with Crippen LogP contribution in [-0.2, 0) is 11.3 Å². The molecule has 0 fully saturated rings. The average Bonchev–Trinajstić information content (AvgIpc) is 2.44. The second-order valence-electron chi connectivity index (χ2n) is 3.51. The van der Waals surface area contributed by atoms with E-state index in [1.165, 1.54) is 11.6 Å². The average molecular weight is 205 g/mol. The monoisotopic (exact) mass is 205 g/mol. The molecule has 2 aromatic rings. The maximum Gasteiger partial charge on any atom is 0.378 e. The molecule has 4 N–H and O–H groups in total. The lowest BCUT2D eigenvalue weighted by Crippen LogP contribution is -2.40. The fourth-order valence-electron chi connectivity index (χ4n) is 1.66. The minimum atomic E-state index is 0.0445. The molecule has 0 radical (unpaired) electrons. The van der Waals surface area contributed by atoms with Crippen LogP contribution >= 0.6 is 0 Å². The van der Waals surface area contributed by atoms with Gasteiger partial charge in [-0.3, -0.25) is 16.4 Å². The third kappa shape index (κ3) is 1.41. The first-order valence-electron chi connectivity index (χ1n) is 4.64. The SMILES string of the molecule is CC(=O)C[n+]1c(N)n(N)c2ccccc21. The summed E-state index contributed by atoms with van der Waals surface area (Å²) in [6.45, 7) is 1.77. The van der Waals surface area contributed by atoms with E-state index in [1.807, 2.05) is 24.3 Å². The normalized spacial score (nSPS) is 10.7. The number of ketones is 1. The van der Waals surface area contributed by atoms with Crippen LogP contribution in [-0.4, -0.2) is 10.5 Å². The fourth-order valence-corrected chi connectivity index (χ4v) is 1.66. The zero-order valence-electron chi connectivity index (χ0n) is 8.47. The molecule has 0 spiro atoms. The van der Waals surface area contributed by atoms with Crippen molar-refractivity contribution in [2.45, 2.75) is 13.5 Å². The molecule has 2 rings (SSSR count). The van der Waals surface area contributed by atoms with Gasteiger partial charge in [0.1, 0.15) is 12.1 Å². The first-order chi connectivity index (χ1) is 7.11. The van der Waals surface area contributed by atoms with Crippen LogP contribution in [0.3, 0.4) is 0 Å². The zero-order valence-corrected chi connectivity index (χ0v) is 8.47. The van der Waals surface area contributed by atoms with Gasteiger partial charge in [0.15, 0.2) is 11.3 Å². The highest BCUT2D eigenvalue weighted by atomic mass is 16.1. The molecule has 15 heavy (non-hydrogen) atoms. The quantitative estimate of drug-likeness (QED) is 0.527. The van der Waals surface area contributed by atoms with Crippen LogP contribution in [0.5, 0.6) is 0 Å². The molecule has 1 aromatic carbocycles. The van der Waals surface area contributed by atoms with Gasteiger partial charge in [0.05, 0.1) is 0 Å². The van der Waals surface area contributed by atoms with Gasteiger partial charge in [-0.25, -0.2) is 4.57 Å². The Labute approximate surface area is 86.9 Å². The number of nitrogens with two attached hydrogens (primary N) is 2. The number of rotatable bonds is 2. The number of carbonyl (C=O) groups is 1. The summed E-state index contributed by atoms with van der Waals surface area (Å²) in [6.07, 6.45) is 0. The minimum absolute atomic E-state index is 0.0445. The van der Waals surface area contributed by atoms with Crippen molar-refractivity contribution in [2.75, 3.05) is 11.6 Å². The van der Waals surface area contributed by atoms with Crippen LogP contribution in [0.2, 0.25) is 0 Å². The molecule has 0 unspecified atom stereocenters. The third-order valence-corrected chi connectivity index (χ3v) is 2.34. The van der Waals surface area contributed by atoms with Crippen molar-refractivity contribution in [2.24, 2.45) is 0 Å². The molecule has 1 aromatic heterocycles. The van der Waals surface area contributed by atoms with Crippen molar-refractivity contribution in [3.05, 3.63) is 24.3 Å². The number of nitrogens with zero attached hydrogens (tertiary/aromatic N) is 2. The number of Topliss-reactive ketones (excluding diaryl/α,β-unsaturated/α-hetero) is 1. The second-order valence-corrected chi connectivity index (χ2v) is 3.51. The van der Waals surface area contributed by atoms with Gasteiger partial charge < -0.3 is 0 Å². The lowest BCUT2D eigenvalue weighted by Gasteiger charge is -1.95. The Morgan fingerprint density at radius 3 is 2.80 bits per heavy atom. The number of para-hydroxylation sites is 2. The first-order valence-corrected chi connectivity index (χ1v) is 4.64. The van der Waals surface area contributed by atoms with Crippen LogP contribution in [0, 0.1) is 0 Å². The van der Waals surface area contributed by atoms with Crippen LogP contribution in [0.25, 0.3) is 11.0 Å². The summed E-state index contributed by atoms with van der Waals surface area (Å²) >= 11 is 0. The van der Waals surface area contributed by atoms with Gasteiger partial charge in [0.2, 0.25) is 0 Å². The highest BCUT2D eigenvalue weighted by Crippen LogP contribution is 2.12. The molecule has 0 saturated heterocycles. The summed E-state index contributed by atoms with van der Waals surface area (Å²) in [5.74, 6) is 6.20. The Kier molecular flexibility index (Phi) is 2.07. The second kappa shape index (κ2) is 3.27. The zero-order chi connectivity index (χ0) is 11.0. The van der Waals surface area contributed by atoms with E-state index in [4.69, 9.17) is 11.6 Å². The summed E-state index contributed by atoms with van der Waals surface area (Å²) in [7, 11) is 0. The standard InChI is InChI=1S/C10H12N4O/c1-7(15)6-13-8-4-2-3-5-9(8)14(12)10(13)11/h2-5,11H,6,12H2,1H3/p+1. The number of aromatic nitrogens is 2. The molecular weight excluding hydrogens is 192 g/mol. The molecule has 0 saturated carbocycles. The number of anilines is 1. The highest BCUT2D eigenvalue weighted by molar-refractivity contribution is 5.77. The Balaban J connectivity index is 2.72.